The molecule has 0 fully saturated rings. The Morgan fingerprint density at radius 2 is 2.44 bits per heavy atom. The van der Waals surface area contributed by atoms with E-state index in [1.165, 1.54) is 0 Å². The predicted octanol–water partition coefficient (Wildman–Crippen LogP) is -0.130. The molecule has 0 bridgehead atoms. The van der Waals surface area contributed by atoms with Gasteiger partial charge in [0.2, 0.25) is 0 Å². The lowest BCUT2D eigenvalue weighted by Crippen LogP contribution is -2.18. The van der Waals surface area contributed by atoms with Crippen LogP contribution in [0.25, 0.3) is 0 Å². The fraction of sp³-hybridized carbons (Fsp3) is 0.833. The second-order valence-electron chi connectivity index (χ2n) is 1.97. The van der Waals surface area contributed by atoms with Gasteiger partial charge in [-0.05, 0) is 19.9 Å². The van der Waals surface area contributed by atoms with E-state index in [0.29, 0.717) is 19.5 Å². The third-order valence-corrected chi connectivity index (χ3v) is 0.943. The van der Waals surface area contributed by atoms with Gasteiger partial charge in [-0.25, -0.2) is 0 Å². The average Bonchev–Trinajstić information content (AvgIpc) is 1.80. The van der Waals surface area contributed by atoms with Crippen molar-refractivity contribution in [2.75, 3.05) is 13.1 Å². The monoisotopic (exact) mass is 128 g/mol. The van der Waals surface area contributed by atoms with Crippen molar-refractivity contribution in [3.8, 4) is 6.07 Å². The van der Waals surface area contributed by atoms with Crippen LogP contribution in [-0.2, 0) is 0 Å². The van der Waals surface area contributed by atoms with Gasteiger partial charge < -0.3 is 10.4 Å². The van der Waals surface area contributed by atoms with Gasteiger partial charge in [-0.1, -0.05) is 0 Å². The van der Waals surface area contributed by atoms with Crippen LogP contribution in [0.1, 0.15) is 13.3 Å². The van der Waals surface area contributed by atoms with E-state index in [1.54, 1.807) is 6.92 Å². The number of hydrogen-bond donors (Lipinski definition) is 2. The molecule has 0 aliphatic rings. The molecule has 0 heterocycles. The second kappa shape index (κ2) is 5.54. The minimum absolute atomic E-state index is 0.267. The molecule has 0 saturated carbocycles. The zero-order valence-corrected chi connectivity index (χ0v) is 5.59. The highest BCUT2D eigenvalue weighted by molar-refractivity contribution is 4.72. The summed E-state index contributed by atoms with van der Waals surface area (Å²) in [6.45, 7) is 2.81. The number of nitrogens with one attached hydrogen (secondary N) is 1. The van der Waals surface area contributed by atoms with E-state index in [0.717, 1.165) is 0 Å². The van der Waals surface area contributed by atoms with Gasteiger partial charge in [0.25, 0.3) is 0 Å². The van der Waals surface area contributed by atoms with Gasteiger partial charge in [0, 0.05) is 0 Å². The standard InChI is InChI=1S/C6H12N2O/c1-6(9)2-4-8-5-3-7/h6,8-9H,2,4-5H2,1H3. The molecule has 1 unspecified atom stereocenters. The Morgan fingerprint density at radius 1 is 1.78 bits per heavy atom. The molecule has 0 aliphatic carbocycles. The molecule has 0 rings (SSSR count). The molecule has 9 heavy (non-hydrogen) atoms. The Kier molecular flexibility index (Phi) is 5.18. The minimum Gasteiger partial charge on any atom is -0.393 e. The van der Waals surface area contributed by atoms with Crippen LogP contribution in [0.3, 0.4) is 0 Å². The van der Waals surface area contributed by atoms with Gasteiger partial charge in [-0.3, -0.25) is 0 Å². The molecule has 0 aromatic rings. The molecular weight excluding hydrogens is 116 g/mol. The smallest absolute Gasteiger partial charge is 0.0840 e. The van der Waals surface area contributed by atoms with Crippen molar-refractivity contribution in [1.29, 1.82) is 5.26 Å². The van der Waals surface area contributed by atoms with Crippen molar-refractivity contribution in [1.82, 2.24) is 5.32 Å². The molecule has 3 heteroatoms. The van der Waals surface area contributed by atoms with Crippen molar-refractivity contribution in [2.24, 2.45) is 0 Å². The summed E-state index contributed by atoms with van der Waals surface area (Å²) >= 11 is 0. The van der Waals surface area contributed by atoms with Gasteiger partial charge in [-0.2, -0.15) is 5.26 Å². The van der Waals surface area contributed by atoms with Gasteiger partial charge >= 0.3 is 0 Å². The van der Waals surface area contributed by atoms with Crippen molar-refractivity contribution < 1.29 is 5.11 Å². The third kappa shape index (κ3) is 7.41. The van der Waals surface area contributed by atoms with Crippen molar-refractivity contribution in [2.45, 2.75) is 19.4 Å². The van der Waals surface area contributed by atoms with Crippen LogP contribution in [0.5, 0.6) is 0 Å². The lowest BCUT2D eigenvalue weighted by Gasteiger charge is -2.01. The van der Waals surface area contributed by atoms with E-state index in [2.05, 4.69) is 5.32 Å². The quantitative estimate of drug-likeness (QED) is 0.409. The van der Waals surface area contributed by atoms with Crippen LogP contribution in [0.2, 0.25) is 0 Å². The zero-order chi connectivity index (χ0) is 7.11. The van der Waals surface area contributed by atoms with Gasteiger partial charge in [-0.15, -0.1) is 0 Å². The maximum absolute atomic E-state index is 8.73. The zero-order valence-electron chi connectivity index (χ0n) is 5.59. The summed E-state index contributed by atoms with van der Waals surface area (Å²) < 4.78 is 0. The number of aliphatic hydroxyl groups excluding tert-OH is 1. The number of aliphatic hydroxyl groups is 1. The van der Waals surface area contributed by atoms with Crippen LogP contribution in [0.15, 0.2) is 0 Å². The number of hydrogen-bond acceptors (Lipinski definition) is 3. The molecule has 0 radical (unpaired) electrons. The van der Waals surface area contributed by atoms with Crippen LogP contribution in [0.4, 0.5) is 0 Å². The first-order chi connectivity index (χ1) is 4.27. The summed E-state index contributed by atoms with van der Waals surface area (Å²) in [7, 11) is 0. The number of nitrogens with zero attached hydrogens (tertiary/aromatic N) is 1. The first-order valence-electron chi connectivity index (χ1n) is 3.03. The third-order valence-electron chi connectivity index (χ3n) is 0.943. The molecule has 0 aromatic carbocycles. The minimum atomic E-state index is -0.267. The number of nitriles is 1. The lowest BCUT2D eigenvalue weighted by molar-refractivity contribution is 0.184. The molecule has 0 spiro atoms. The van der Waals surface area contributed by atoms with Crippen molar-refractivity contribution >= 4 is 0 Å². The lowest BCUT2D eigenvalue weighted by atomic mass is 10.3. The summed E-state index contributed by atoms with van der Waals surface area (Å²) in [6, 6.07) is 1.95. The molecule has 52 valence electrons. The fourth-order valence-electron chi connectivity index (χ4n) is 0.455. The summed E-state index contributed by atoms with van der Waals surface area (Å²) in [5.74, 6) is 0. The summed E-state index contributed by atoms with van der Waals surface area (Å²) in [4.78, 5) is 0. The van der Waals surface area contributed by atoms with Crippen LogP contribution in [0, 0.1) is 11.3 Å². The largest absolute Gasteiger partial charge is 0.393 e. The van der Waals surface area contributed by atoms with Crippen molar-refractivity contribution in [3.63, 3.8) is 0 Å². The van der Waals surface area contributed by atoms with E-state index >= 15 is 0 Å². The summed E-state index contributed by atoms with van der Waals surface area (Å²) in [5, 5.41) is 19.6. The Bertz CT molecular complexity index is 95.7. The molecule has 0 saturated heterocycles. The van der Waals surface area contributed by atoms with Gasteiger partial charge in [0.05, 0.1) is 18.7 Å². The number of rotatable bonds is 4. The second-order valence-corrected chi connectivity index (χ2v) is 1.97. The SMILES string of the molecule is CC(O)CCNCC#N. The Labute approximate surface area is 55.3 Å². The average molecular weight is 128 g/mol. The Balaban J connectivity index is 2.85. The molecular formula is C6H12N2O. The highest BCUT2D eigenvalue weighted by Gasteiger charge is 1.92. The highest BCUT2D eigenvalue weighted by atomic mass is 16.3. The van der Waals surface area contributed by atoms with E-state index < -0.39 is 0 Å². The van der Waals surface area contributed by atoms with Crippen LogP contribution < -0.4 is 5.32 Å². The molecule has 2 N–H and O–H groups in total. The molecule has 1 atom stereocenters. The molecule has 0 aliphatic heterocycles. The topological polar surface area (TPSA) is 56.0 Å². The predicted molar refractivity (Wildman–Crippen MR) is 34.8 cm³/mol. The van der Waals surface area contributed by atoms with Crippen molar-refractivity contribution in [3.05, 3.63) is 0 Å². The van der Waals surface area contributed by atoms with Crippen LogP contribution in [-0.4, -0.2) is 24.3 Å². The first kappa shape index (κ1) is 8.41. The molecule has 3 nitrogen and oxygen atoms in total. The maximum Gasteiger partial charge on any atom is 0.0840 e. The van der Waals surface area contributed by atoms with Gasteiger partial charge in [0.15, 0.2) is 0 Å². The van der Waals surface area contributed by atoms with Gasteiger partial charge in [0.1, 0.15) is 0 Å². The maximum atomic E-state index is 8.73. The normalized spacial score (nSPS) is 12.6. The highest BCUT2D eigenvalue weighted by Crippen LogP contribution is 1.84. The van der Waals surface area contributed by atoms with Crippen LogP contribution >= 0.6 is 0 Å². The first-order valence-corrected chi connectivity index (χ1v) is 3.03. The summed E-state index contributed by atoms with van der Waals surface area (Å²) in [5.41, 5.74) is 0. The van der Waals surface area contributed by atoms with E-state index in [4.69, 9.17) is 10.4 Å². The summed E-state index contributed by atoms with van der Waals surface area (Å²) in [6.07, 6.45) is 0.443. The van der Waals surface area contributed by atoms with E-state index in [9.17, 15) is 0 Å². The molecule has 0 amide bonds. The van der Waals surface area contributed by atoms with E-state index in [1.807, 2.05) is 6.07 Å². The Hall–Kier alpha value is -0.590. The molecule has 0 aromatic heterocycles. The van der Waals surface area contributed by atoms with E-state index in [-0.39, 0.29) is 6.10 Å². The Morgan fingerprint density at radius 3 is 2.89 bits per heavy atom. The fourth-order valence-corrected chi connectivity index (χ4v) is 0.455.